The van der Waals surface area contributed by atoms with Crippen LogP contribution in [0.25, 0.3) is 0 Å². The van der Waals surface area contributed by atoms with Gasteiger partial charge in [-0.25, -0.2) is 0 Å². The van der Waals surface area contributed by atoms with Crippen molar-refractivity contribution in [2.24, 2.45) is 0 Å². The Morgan fingerprint density at radius 3 is 2.89 bits per heavy atom. The number of ether oxygens (including phenoxy) is 1. The number of aliphatic carboxylic acids is 1. The van der Waals surface area contributed by atoms with Gasteiger partial charge in [0.15, 0.2) is 0 Å². The van der Waals surface area contributed by atoms with E-state index in [0.29, 0.717) is 12.5 Å². The molecule has 0 aromatic rings. The average molecular weight is 258 g/mol. The van der Waals surface area contributed by atoms with E-state index in [0.717, 1.165) is 39.3 Å². The number of nitrogens with zero attached hydrogens (tertiary/aromatic N) is 1. The first-order chi connectivity index (χ1) is 8.49. The van der Waals surface area contributed by atoms with Gasteiger partial charge in [-0.2, -0.15) is 0 Å². The maximum Gasteiger partial charge on any atom is 0.323 e. The molecule has 1 rings (SSSR count). The van der Waals surface area contributed by atoms with Crippen molar-refractivity contribution >= 4 is 5.97 Å². The zero-order valence-corrected chi connectivity index (χ0v) is 11.7. The van der Waals surface area contributed by atoms with Crippen LogP contribution in [0.2, 0.25) is 0 Å². The lowest BCUT2D eigenvalue weighted by Crippen LogP contribution is -2.53. The molecule has 2 unspecified atom stereocenters. The molecule has 0 amide bonds. The lowest BCUT2D eigenvalue weighted by atomic mass is 9.97. The van der Waals surface area contributed by atoms with E-state index in [9.17, 15) is 9.90 Å². The van der Waals surface area contributed by atoms with Crippen LogP contribution in [0.15, 0.2) is 0 Å². The Labute approximate surface area is 109 Å². The Balaban J connectivity index is 2.48. The van der Waals surface area contributed by atoms with Crippen molar-refractivity contribution in [3.63, 3.8) is 0 Å². The molecule has 0 aromatic heterocycles. The standard InChI is InChI=1S/C13H26N2O3/c1-4-6-14-13(3,12(16)17)5-7-15-8-9-18-10-11(15)2/h11,14H,4-10H2,1-3H3,(H,16,17). The Morgan fingerprint density at radius 1 is 1.61 bits per heavy atom. The number of carbonyl (C=O) groups is 1. The number of nitrogens with one attached hydrogen (secondary N) is 1. The van der Waals surface area contributed by atoms with Gasteiger partial charge in [0.1, 0.15) is 5.54 Å². The molecule has 0 aliphatic carbocycles. The molecule has 0 saturated carbocycles. The van der Waals surface area contributed by atoms with E-state index >= 15 is 0 Å². The van der Waals surface area contributed by atoms with Crippen molar-refractivity contribution in [3.05, 3.63) is 0 Å². The third kappa shape index (κ3) is 4.23. The molecule has 5 heteroatoms. The van der Waals surface area contributed by atoms with Crippen LogP contribution in [0.4, 0.5) is 0 Å². The van der Waals surface area contributed by atoms with E-state index in [4.69, 9.17) is 4.74 Å². The van der Waals surface area contributed by atoms with Crippen LogP contribution in [0.1, 0.15) is 33.6 Å². The van der Waals surface area contributed by atoms with Gasteiger partial charge in [-0.05, 0) is 33.2 Å². The molecule has 1 aliphatic heterocycles. The number of morpholine rings is 1. The van der Waals surface area contributed by atoms with E-state index < -0.39 is 11.5 Å². The summed E-state index contributed by atoms with van der Waals surface area (Å²) in [5.74, 6) is -0.767. The van der Waals surface area contributed by atoms with Crippen molar-refractivity contribution in [2.45, 2.75) is 45.2 Å². The summed E-state index contributed by atoms with van der Waals surface area (Å²) in [6, 6.07) is 0.378. The summed E-state index contributed by atoms with van der Waals surface area (Å²) in [5.41, 5.74) is -0.825. The molecule has 1 fully saturated rings. The monoisotopic (exact) mass is 258 g/mol. The molecule has 0 spiro atoms. The summed E-state index contributed by atoms with van der Waals surface area (Å²) in [7, 11) is 0. The van der Waals surface area contributed by atoms with Crippen LogP contribution in [-0.4, -0.2) is 60.4 Å². The summed E-state index contributed by atoms with van der Waals surface area (Å²) in [6.07, 6.45) is 1.56. The molecular weight excluding hydrogens is 232 g/mol. The van der Waals surface area contributed by atoms with Gasteiger partial charge in [0, 0.05) is 19.1 Å². The highest BCUT2D eigenvalue weighted by Gasteiger charge is 2.33. The summed E-state index contributed by atoms with van der Waals surface area (Å²) in [5, 5.41) is 12.5. The summed E-state index contributed by atoms with van der Waals surface area (Å²) in [4.78, 5) is 13.7. The lowest BCUT2D eigenvalue weighted by Gasteiger charge is -2.36. The summed E-state index contributed by atoms with van der Waals surface area (Å²) >= 11 is 0. The average Bonchev–Trinajstić information content (AvgIpc) is 2.35. The van der Waals surface area contributed by atoms with Crippen LogP contribution >= 0.6 is 0 Å². The minimum Gasteiger partial charge on any atom is -0.480 e. The molecule has 1 saturated heterocycles. The van der Waals surface area contributed by atoms with Crippen LogP contribution in [0.5, 0.6) is 0 Å². The molecule has 1 heterocycles. The Bertz CT molecular complexity index is 273. The molecule has 18 heavy (non-hydrogen) atoms. The van der Waals surface area contributed by atoms with Gasteiger partial charge >= 0.3 is 5.97 Å². The second kappa shape index (κ2) is 7.07. The van der Waals surface area contributed by atoms with Gasteiger partial charge in [0.25, 0.3) is 0 Å². The SMILES string of the molecule is CCCNC(C)(CCN1CCOCC1C)C(=O)O. The number of carboxylic acids is 1. The van der Waals surface area contributed by atoms with Crippen molar-refractivity contribution in [3.8, 4) is 0 Å². The summed E-state index contributed by atoms with van der Waals surface area (Å²) < 4.78 is 5.38. The third-order valence-corrected chi connectivity index (χ3v) is 3.64. The second-order valence-electron chi connectivity index (χ2n) is 5.27. The lowest BCUT2D eigenvalue weighted by molar-refractivity contribution is -0.144. The predicted octanol–water partition coefficient (Wildman–Crippen LogP) is 0.940. The van der Waals surface area contributed by atoms with Crippen LogP contribution in [0.3, 0.4) is 0 Å². The maximum absolute atomic E-state index is 11.4. The maximum atomic E-state index is 11.4. The molecule has 2 atom stereocenters. The first kappa shape index (κ1) is 15.4. The van der Waals surface area contributed by atoms with Crippen molar-refractivity contribution in [2.75, 3.05) is 32.8 Å². The Hall–Kier alpha value is -0.650. The molecule has 1 aliphatic rings. The normalized spacial score (nSPS) is 24.7. The molecule has 2 N–H and O–H groups in total. The highest BCUT2D eigenvalue weighted by Crippen LogP contribution is 2.14. The van der Waals surface area contributed by atoms with Crippen LogP contribution < -0.4 is 5.32 Å². The quantitative estimate of drug-likeness (QED) is 0.711. The third-order valence-electron chi connectivity index (χ3n) is 3.64. The first-order valence-electron chi connectivity index (χ1n) is 6.80. The zero-order chi connectivity index (χ0) is 13.6. The molecule has 0 aromatic carbocycles. The van der Waals surface area contributed by atoms with E-state index in [1.807, 2.05) is 6.92 Å². The van der Waals surface area contributed by atoms with Gasteiger partial charge in [-0.15, -0.1) is 0 Å². The van der Waals surface area contributed by atoms with Gasteiger partial charge < -0.3 is 15.2 Å². The Morgan fingerprint density at radius 2 is 2.33 bits per heavy atom. The van der Waals surface area contributed by atoms with E-state index in [1.165, 1.54) is 0 Å². The zero-order valence-electron chi connectivity index (χ0n) is 11.7. The number of hydrogen-bond acceptors (Lipinski definition) is 4. The topological polar surface area (TPSA) is 61.8 Å². The fraction of sp³-hybridized carbons (Fsp3) is 0.923. The van der Waals surface area contributed by atoms with Gasteiger partial charge in [-0.1, -0.05) is 6.92 Å². The van der Waals surface area contributed by atoms with E-state index in [-0.39, 0.29) is 0 Å². The fourth-order valence-electron chi connectivity index (χ4n) is 2.13. The highest BCUT2D eigenvalue weighted by molar-refractivity contribution is 5.78. The smallest absolute Gasteiger partial charge is 0.323 e. The minimum absolute atomic E-state index is 0.378. The van der Waals surface area contributed by atoms with E-state index in [1.54, 1.807) is 6.92 Å². The molecule has 5 nitrogen and oxygen atoms in total. The van der Waals surface area contributed by atoms with Gasteiger partial charge in [0.05, 0.1) is 13.2 Å². The second-order valence-corrected chi connectivity index (χ2v) is 5.27. The first-order valence-corrected chi connectivity index (χ1v) is 6.80. The van der Waals surface area contributed by atoms with Gasteiger partial charge in [-0.3, -0.25) is 9.69 Å². The fourth-order valence-corrected chi connectivity index (χ4v) is 2.13. The number of rotatable bonds is 7. The minimum atomic E-state index is -0.825. The predicted molar refractivity (Wildman–Crippen MR) is 70.8 cm³/mol. The molecular formula is C13H26N2O3. The van der Waals surface area contributed by atoms with E-state index in [2.05, 4.69) is 17.1 Å². The van der Waals surface area contributed by atoms with Crippen LogP contribution in [0, 0.1) is 0 Å². The van der Waals surface area contributed by atoms with Gasteiger partial charge in [0.2, 0.25) is 0 Å². The van der Waals surface area contributed by atoms with Crippen molar-refractivity contribution in [1.29, 1.82) is 0 Å². The number of carboxylic acid groups (broad SMARTS) is 1. The number of hydrogen-bond donors (Lipinski definition) is 2. The van der Waals surface area contributed by atoms with Crippen LogP contribution in [-0.2, 0) is 9.53 Å². The molecule has 0 bridgehead atoms. The van der Waals surface area contributed by atoms with Crippen molar-refractivity contribution < 1.29 is 14.6 Å². The molecule has 0 radical (unpaired) electrons. The largest absolute Gasteiger partial charge is 0.480 e. The highest BCUT2D eigenvalue weighted by atomic mass is 16.5. The summed E-state index contributed by atoms with van der Waals surface area (Å²) in [6.45, 7) is 9.85. The molecule has 106 valence electrons. The Kier molecular flexibility index (Phi) is 6.05. The van der Waals surface area contributed by atoms with Crippen molar-refractivity contribution in [1.82, 2.24) is 10.2 Å².